The Bertz CT molecular complexity index is 1300. The molecule has 0 amide bonds. The lowest BCUT2D eigenvalue weighted by molar-refractivity contribution is -0.161. The predicted molar refractivity (Wildman–Crippen MR) is 242 cm³/mol. The highest BCUT2D eigenvalue weighted by Crippen LogP contribution is 2.43. The first kappa shape index (κ1) is 55.9. The van der Waals surface area contributed by atoms with Gasteiger partial charge in [-0.25, -0.2) is 4.57 Å². The van der Waals surface area contributed by atoms with Gasteiger partial charge in [-0.3, -0.25) is 18.6 Å². The monoisotopic (exact) mass is 847 g/mol. The highest BCUT2D eigenvalue weighted by Gasteiger charge is 2.27. The van der Waals surface area contributed by atoms with Crippen LogP contribution in [0.5, 0.6) is 0 Å². The van der Waals surface area contributed by atoms with Crippen molar-refractivity contribution < 1.29 is 47.8 Å². The lowest BCUT2D eigenvalue weighted by atomic mass is 10.0. The molecular formula is C48H79O10P. The third-order valence-corrected chi connectivity index (χ3v) is 9.70. The summed E-state index contributed by atoms with van der Waals surface area (Å²) in [6.45, 7) is 2.04. The fourth-order valence-electron chi connectivity index (χ4n) is 5.41. The van der Waals surface area contributed by atoms with Gasteiger partial charge in [-0.2, -0.15) is 0 Å². The summed E-state index contributed by atoms with van der Waals surface area (Å²) in [5.41, 5.74) is 0. The van der Waals surface area contributed by atoms with Crippen molar-refractivity contribution in [3.63, 3.8) is 0 Å². The number of phosphoric acid groups is 1. The number of carbonyl (C=O) groups excluding carboxylic acids is 2. The van der Waals surface area contributed by atoms with Crippen LogP contribution in [0.25, 0.3) is 0 Å². The van der Waals surface area contributed by atoms with E-state index in [4.69, 9.17) is 19.1 Å². The van der Waals surface area contributed by atoms with E-state index in [1.165, 1.54) is 38.5 Å². The van der Waals surface area contributed by atoms with Crippen LogP contribution < -0.4 is 0 Å². The first-order chi connectivity index (χ1) is 28.7. The Morgan fingerprint density at radius 2 is 0.915 bits per heavy atom. The van der Waals surface area contributed by atoms with E-state index in [0.29, 0.717) is 12.8 Å². The molecule has 0 heterocycles. The lowest BCUT2D eigenvalue weighted by Gasteiger charge is -2.20. The van der Waals surface area contributed by atoms with E-state index in [0.717, 1.165) is 77.0 Å². The zero-order valence-corrected chi connectivity index (χ0v) is 37.3. The van der Waals surface area contributed by atoms with Gasteiger partial charge < -0.3 is 24.6 Å². The molecule has 0 aromatic heterocycles. The maximum absolute atomic E-state index is 12.6. The van der Waals surface area contributed by atoms with Crippen LogP contribution in [0, 0.1) is 0 Å². The summed E-state index contributed by atoms with van der Waals surface area (Å²) in [5.74, 6) is -1.03. The molecule has 0 spiro atoms. The molecule has 0 aliphatic rings. The van der Waals surface area contributed by atoms with E-state index in [2.05, 4.69) is 103 Å². The quantitative estimate of drug-likeness (QED) is 0.0235. The average Bonchev–Trinajstić information content (AvgIpc) is 3.22. The SMILES string of the molecule is CC/C=C\C/C=C\C/C=C\C/C=C\CCCCCCCCCCCCC(=O)OC(COC(=O)CC/C=C\C/C=C\C/C=C\C/C=C\CC)COP(=O)(O)OCC(O)CO. The van der Waals surface area contributed by atoms with Gasteiger partial charge in [0.15, 0.2) is 6.10 Å². The zero-order valence-electron chi connectivity index (χ0n) is 36.4. The molecule has 0 saturated heterocycles. The molecule has 0 aliphatic heterocycles. The van der Waals surface area contributed by atoms with Crippen molar-refractivity contribution in [1.82, 2.24) is 0 Å². The van der Waals surface area contributed by atoms with Crippen molar-refractivity contribution in [1.29, 1.82) is 0 Å². The molecule has 0 bridgehead atoms. The summed E-state index contributed by atoms with van der Waals surface area (Å²) in [5, 5.41) is 18.3. The Morgan fingerprint density at radius 3 is 1.39 bits per heavy atom. The van der Waals surface area contributed by atoms with E-state index in [1.54, 1.807) is 0 Å². The first-order valence-corrected chi connectivity index (χ1v) is 23.7. The van der Waals surface area contributed by atoms with Crippen LogP contribution in [0.4, 0.5) is 0 Å². The highest BCUT2D eigenvalue weighted by molar-refractivity contribution is 7.47. The molecule has 10 nitrogen and oxygen atoms in total. The number of allylic oxidation sites excluding steroid dienone is 16. The standard InChI is InChI=1S/C48H79O10P/c1-3-5-7-9-11-13-15-17-18-19-20-21-22-23-24-25-26-28-30-32-34-36-38-40-48(52)58-46(44-57-59(53,54)56-42-45(50)41-49)43-55-47(51)39-37-35-33-31-29-27-16-14-12-10-8-6-4-2/h5-8,11-14,17-18,20-21,27,29,33,35,45-46,49-50H,3-4,9-10,15-16,19,22-26,28,30-32,34,36-44H2,1-2H3,(H,53,54)/b7-5-,8-6-,13-11-,14-12-,18-17-,21-20-,29-27-,35-33-. The van der Waals surface area contributed by atoms with Gasteiger partial charge >= 0.3 is 19.8 Å². The molecule has 3 unspecified atom stereocenters. The number of phosphoric ester groups is 1. The molecule has 59 heavy (non-hydrogen) atoms. The van der Waals surface area contributed by atoms with E-state index in [-0.39, 0.29) is 19.4 Å². The highest BCUT2D eigenvalue weighted by atomic mass is 31.2. The van der Waals surface area contributed by atoms with Crippen molar-refractivity contribution in [3.8, 4) is 0 Å². The Hall–Kier alpha value is -3.11. The molecule has 0 aromatic carbocycles. The molecule has 336 valence electrons. The number of aliphatic hydroxyl groups excluding tert-OH is 2. The summed E-state index contributed by atoms with van der Waals surface area (Å²) in [7, 11) is -4.64. The normalized spacial score (nSPS) is 14.7. The zero-order chi connectivity index (χ0) is 43.3. The maximum atomic E-state index is 12.6. The molecule has 0 aromatic rings. The predicted octanol–water partition coefficient (Wildman–Crippen LogP) is 12.0. The number of ether oxygens (including phenoxy) is 2. The minimum atomic E-state index is -4.64. The molecule has 0 fully saturated rings. The second kappa shape index (κ2) is 43.0. The van der Waals surface area contributed by atoms with E-state index in [1.807, 2.05) is 12.2 Å². The van der Waals surface area contributed by atoms with Crippen LogP contribution in [0.2, 0.25) is 0 Å². The van der Waals surface area contributed by atoms with Gasteiger partial charge in [0.2, 0.25) is 0 Å². The minimum Gasteiger partial charge on any atom is -0.462 e. The van der Waals surface area contributed by atoms with Gasteiger partial charge in [0.1, 0.15) is 12.7 Å². The molecule has 11 heteroatoms. The first-order valence-electron chi connectivity index (χ1n) is 22.2. The van der Waals surface area contributed by atoms with Crippen LogP contribution in [-0.4, -0.2) is 65.7 Å². The fraction of sp³-hybridized carbons (Fsp3) is 0.625. The van der Waals surface area contributed by atoms with Crippen molar-refractivity contribution in [2.45, 2.75) is 167 Å². The van der Waals surface area contributed by atoms with E-state index in [9.17, 15) is 24.2 Å². The van der Waals surface area contributed by atoms with Crippen molar-refractivity contribution in [2.24, 2.45) is 0 Å². The number of hydrogen-bond acceptors (Lipinski definition) is 9. The number of esters is 2. The van der Waals surface area contributed by atoms with Crippen LogP contribution in [0.1, 0.15) is 155 Å². The second-order valence-corrected chi connectivity index (χ2v) is 15.8. The summed E-state index contributed by atoms with van der Waals surface area (Å²) < 4.78 is 32.6. The molecular weight excluding hydrogens is 767 g/mol. The number of aliphatic hydroxyl groups is 2. The maximum Gasteiger partial charge on any atom is 0.472 e. The topological polar surface area (TPSA) is 149 Å². The molecule has 3 N–H and O–H groups in total. The summed E-state index contributed by atoms with van der Waals surface area (Å²) in [6, 6.07) is 0. The van der Waals surface area contributed by atoms with Gasteiger partial charge in [0.05, 0.1) is 19.8 Å². The Labute approximate surface area is 357 Å². The number of rotatable bonds is 40. The van der Waals surface area contributed by atoms with Gasteiger partial charge in [0, 0.05) is 12.8 Å². The van der Waals surface area contributed by atoms with Crippen LogP contribution in [0.3, 0.4) is 0 Å². The largest absolute Gasteiger partial charge is 0.472 e. The van der Waals surface area contributed by atoms with Crippen molar-refractivity contribution in [2.75, 3.05) is 26.4 Å². The second-order valence-electron chi connectivity index (χ2n) is 14.3. The molecule has 0 aliphatic carbocycles. The van der Waals surface area contributed by atoms with Crippen molar-refractivity contribution >= 4 is 19.8 Å². The molecule has 0 rings (SSSR count). The number of hydrogen-bond donors (Lipinski definition) is 3. The van der Waals surface area contributed by atoms with E-state index >= 15 is 0 Å². The van der Waals surface area contributed by atoms with Crippen molar-refractivity contribution in [3.05, 3.63) is 97.2 Å². The van der Waals surface area contributed by atoms with Gasteiger partial charge in [0.25, 0.3) is 0 Å². The molecule has 0 saturated carbocycles. The summed E-state index contributed by atoms with van der Waals surface area (Å²) >= 11 is 0. The average molecular weight is 847 g/mol. The molecule has 0 radical (unpaired) electrons. The van der Waals surface area contributed by atoms with Gasteiger partial charge in [-0.15, -0.1) is 0 Å². The summed E-state index contributed by atoms with van der Waals surface area (Å²) in [6.07, 6.45) is 52.5. The van der Waals surface area contributed by atoms with Crippen LogP contribution in [-0.2, 0) is 32.7 Å². The minimum absolute atomic E-state index is 0.114. The smallest absolute Gasteiger partial charge is 0.462 e. The Balaban J connectivity index is 4.31. The van der Waals surface area contributed by atoms with Gasteiger partial charge in [-0.1, -0.05) is 162 Å². The Morgan fingerprint density at radius 1 is 0.508 bits per heavy atom. The van der Waals surface area contributed by atoms with Gasteiger partial charge in [-0.05, 0) is 77.0 Å². The van der Waals surface area contributed by atoms with Crippen LogP contribution in [0.15, 0.2) is 97.2 Å². The lowest BCUT2D eigenvalue weighted by Crippen LogP contribution is -2.29. The van der Waals surface area contributed by atoms with Crippen LogP contribution >= 0.6 is 7.82 Å². The fourth-order valence-corrected chi connectivity index (χ4v) is 6.20. The third-order valence-electron chi connectivity index (χ3n) is 8.75. The third kappa shape index (κ3) is 42.8. The summed E-state index contributed by atoms with van der Waals surface area (Å²) in [4.78, 5) is 35.0. The number of carbonyl (C=O) groups is 2. The number of unbranched alkanes of at least 4 members (excludes halogenated alkanes) is 10. The van der Waals surface area contributed by atoms with E-state index < -0.39 is 51.8 Å². The Kier molecular flexibility index (Phi) is 40.7. The molecule has 3 atom stereocenters.